The molecule has 5 amide bonds. The van der Waals surface area contributed by atoms with Crippen LogP contribution in [-0.4, -0.2) is 128 Å². The van der Waals surface area contributed by atoms with Crippen LogP contribution in [0.4, 0.5) is 0 Å². The first-order chi connectivity index (χ1) is 34.5. The van der Waals surface area contributed by atoms with Gasteiger partial charge < -0.3 is 51.2 Å². The summed E-state index contributed by atoms with van der Waals surface area (Å²) in [5.74, 6) is -5.43. The molecule has 17 heteroatoms. The van der Waals surface area contributed by atoms with Crippen molar-refractivity contribution >= 4 is 41.1 Å². The molecule has 0 aliphatic carbocycles. The minimum absolute atomic E-state index is 0.0498. The number of Topliss-reactive ketones (excluding diaryl/α,β-unsaturated/α-hetero) is 2. The van der Waals surface area contributed by atoms with Gasteiger partial charge in [0.2, 0.25) is 29.5 Å². The van der Waals surface area contributed by atoms with Gasteiger partial charge in [-0.3, -0.25) is 33.6 Å². The number of nitrogens with zero attached hydrogens (tertiary/aromatic N) is 2. The number of aromatic hydroxyl groups is 2. The maximum absolute atomic E-state index is 14.3. The molecule has 396 valence electrons. The van der Waals surface area contributed by atoms with Crippen molar-refractivity contribution in [3.63, 3.8) is 0 Å². The lowest BCUT2D eigenvalue weighted by atomic mass is 9.89. The van der Waals surface area contributed by atoms with Crippen LogP contribution < -0.4 is 16.0 Å². The Kier molecular flexibility index (Phi) is 24.4. The Balaban J connectivity index is 1.38. The van der Waals surface area contributed by atoms with Gasteiger partial charge >= 0.3 is 0 Å². The Hall–Kier alpha value is -6.07. The first-order valence-corrected chi connectivity index (χ1v) is 26.0. The van der Waals surface area contributed by atoms with Crippen LogP contribution in [0.1, 0.15) is 153 Å². The van der Waals surface area contributed by atoms with E-state index in [1.54, 1.807) is 30.5 Å². The molecule has 2 aromatic carbocycles. The number of aliphatic hydroxyl groups excluding tert-OH is 2. The molecule has 1 aliphatic rings. The molecule has 0 fully saturated rings. The number of rotatable bonds is 28. The lowest BCUT2D eigenvalue weighted by Gasteiger charge is -2.30. The first kappa shape index (κ1) is 58.5. The molecule has 1 aromatic heterocycles. The number of H-pyrrole nitrogens is 1. The zero-order valence-corrected chi connectivity index (χ0v) is 43.1. The molecular formula is C55H80N6O11. The lowest BCUT2D eigenvalue weighted by Crippen LogP contribution is -2.53. The number of fused-ring (bicyclic) bond motifs is 5. The zero-order chi connectivity index (χ0) is 52.7. The van der Waals surface area contributed by atoms with Gasteiger partial charge in [-0.15, -0.1) is 0 Å². The molecule has 0 unspecified atom stereocenters. The SMILES string of the molecule is CCCCCCCCCCCCCCCC(=O)N(C)[C@H](CO)C(=O)N[C@H](C)C(=O)CCC(=O)N(C)[C@@H]1C(=O)C[C@@H](C)C(=O)N[C@H](C(=O)N[C@H](CO)Cc2ccc[nH]2)Cc2ccc(O)c(c2)-c2cc1ccc2O. The Labute approximate surface area is 424 Å². The monoisotopic (exact) mass is 1000 g/mol. The van der Waals surface area contributed by atoms with Crippen LogP contribution in [0.15, 0.2) is 54.7 Å². The van der Waals surface area contributed by atoms with Crippen LogP contribution in [0, 0.1) is 5.92 Å². The maximum Gasteiger partial charge on any atom is 0.245 e. The van der Waals surface area contributed by atoms with Gasteiger partial charge in [0.15, 0.2) is 11.6 Å². The van der Waals surface area contributed by atoms with Crippen molar-refractivity contribution in [2.75, 3.05) is 27.3 Å². The normalized spacial score (nSPS) is 17.2. The number of phenolic OH excluding ortho intramolecular Hbond substituents is 2. The molecule has 1 aliphatic heterocycles. The Morgan fingerprint density at radius 1 is 0.736 bits per heavy atom. The van der Waals surface area contributed by atoms with E-state index in [0.717, 1.165) is 29.9 Å². The van der Waals surface area contributed by atoms with Crippen molar-refractivity contribution in [3.05, 3.63) is 71.5 Å². The average molecular weight is 1000 g/mol. The fourth-order valence-corrected chi connectivity index (χ4v) is 9.16. The summed E-state index contributed by atoms with van der Waals surface area (Å²) in [5.41, 5.74) is 1.80. The van der Waals surface area contributed by atoms with Crippen LogP contribution in [-0.2, 0) is 46.4 Å². The highest BCUT2D eigenvalue weighted by atomic mass is 16.3. The van der Waals surface area contributed by atoms with Crippen LogP contribution in [0.3, 0.4) is 0 Å². The summed E-state index contributed by atoms with van der Waals surface area (Å²) in [6, 6.07) is 6.81. The van der Waals surface area contributed by atoms with Crippen LogP contribution in [0.5, 0.6) is 11.5 Å². The number of ketones is 2. The molecule has 6 atom stereocenters. The molecule has 0 saturated heterocycles. The second kappa shape index (κ2) is 30.1. The van der Waals surface area contributed by atoms with Gasteiger partial charge in [-0.25, -0.2) is 0 Å². The zero-order valence-electron chi connectivity index (χ0n) is 43.1. The molecule has 0 radical (unpaired) electrons. The number of amides is 5. The molecule has 0 spiro atoms. The molecule has 3 aromatic rings. The summed E-state index contributed by atoms with van der Waals surface area (Å²) in [6.07, 6.45) is 16.2. The van der Waals surface area contributed by atoms with E-state index in [4.69, 9.17) is 0 Å². The number of likely N-dealkylation sites (N-methyl/N-ethyl adjacent to an activating group) is 2. The van der Waals surface area contributed by atoms with E-state index in [-0.39, 0.29) is 72.6 Å². The molecule has 4 bridgehead atoms. The summed E-state index contributed by atoms with van der Waals surface area (Å²) in [5, 5.41) is 50.5. The van der Waals surface area contributed by atoms with E-state index >= 15 is 0 Å². The van der Waals surface area contributed by atoms with Crippen molar-refractivity contribution < 1.29 is 54.0 Å². The number of hydrogen-bond donors (Lipinski definition) is 8. The van der Waals surface area contributed by atoms with Crippen molar-refractivity contribution in [2.24, 2.45) is 5.92 Å². The van der Waals surface area contributed by atoms with E-state index in [0.29, 0.717) is 12.0 Å². The van der Waals surface area contributed by atoms with E-state index in [9.17, 15) is 54.0 Å². The standard InChI is InChI=1S/C55H80N6O11/c1-6-7-8-9-10-11-12-13-14-15-16-17-18-21-50(68)60(4)45(35-63)55(72)57-37(3)46(64)26-27-51(69)61(5)52-39-23-25-48(66)43(32-39)42-30-38(22-24-47(42)65)31-44(59-53(70)36(2)29-49(52)67)54(71)58-41(34-62)33-40-20-19-28-56-40/h19-20,22-25,28,30,32,36-37,41,44-45,52,56,62-63,65-66H,6-18,21,26-27,29,31,33-35H2,1-5H3,(H,57,72)(H,58,71)(H,59,70)/t36-,37-,41+,44+,45-,52+/m1/s1. The van der Waals surface area contributed by atoms with Crippen molar-refractivity contribution in [1.29, 1.82) is 0 Å². The number of carbonyl (C=O) groups is 7. The molecule has 17 nitrogen and oxygen atoms in total. The van der Waals surface area contributed by atoms with Gasteiger partial charge in [-0.2, -0.15) is 0 Å². The second-order valence-corrected chi connectivity index (χ2v) is 19.6. The summed E-state index contributed by atoms with van der Waals surface area (Å²) in [7, 11) is 2.82. The molecule has 8 N–H and O–H groups in total. The Morgan fingerprint density at radius 3 is 1.94 bits per heavy atom. The predicted octanol–water partition coefficient (Wildman–Crippen LogP) is 6.10. The highest BCUT2D eigenvalue weighted by Gasteiger charge is 2.35. The number of nitrogens with one attached hydrogen (secondary N) is 4. The predicted molar refractivity (Wildman–Crippen MR) is 274 cm³/mol. The third-order valence-corrected chi connectivity index (χ3v) is 13.8. The Morgan fingerprint density at radius 2 is 1.35 bits per heavy atom. The van der Waals surface area contributed by atoms with Gasteiger partial charge in [0.25, 0.3) is 0 Å². The fraction of sp³-hybridized carbons (Fsp3) is 0.582. The number of carbonyl (C=O) groups excluding carboxylic acids is 7. The van der Waals surface area contributed by atoms with Gasteiger partial charge in [-0.05, 0) is 60.9 Å². The number of hydrogen-bond acceptors (Lipinski definition) is 11. The van der Waals surface area contributed by atoms with Crippen molar-refractivity contribution in [2.45, 2.75) is 173 Å². The smallest absolute Gasteiger partial charge is 0.245 e. The van der Waals surface area contributed by atoms with E-state index < -0.39 is 84.5 Å². The highest BCUT2D eigenvalue weighted by Crippen LogP contribution is 2.39. The van der Waals surface area contributed by atoms with Gasteiger partial charge in [0.1, 0.15) is 29.6 Å². The molecule has 72 heavy (non-hydrogen) atoms. The van der Waals surface area contributed by atoms with E-state index in [2.05, 4.69) is 27.9 Å². The summed E-state index contributed by atoms with van der Waals surface area (Å²) in [6.45, 7) is 4.13. The average Bonchev–Trinajstić information content (AvgIpc) is 3.88. The molecule has 4 rings (SSSR count). The summed E-state index contributed by atoms with van der Waals surface area (Å²) >= 11 is 0. The van der Waals surface area contributed by atoms with Crippen LogP contribution >= 0.6 is 0 Å². The Bertz CT molecular complexity index is 2250. The fourth-order valence-electron chi connectivity index (χ4n) is 9.16. The van der Waals surface area contributed by atoms with Crippen molar-refractivity contribution in [1.82, 2.24) is 30.7 Å². The van der Waals surface area contributed by atoms with Gasteiger partial charge in [-0.1, -0.05) is 103 Å². The second-order valence-electron chi connectivity index (χ2n) is 19.6. The minimum Gasteiger partial charge on any atom is -0.507 e. The van der Waals surface area contributed by atoms with Crippen LogP contribution in [0.2, 0.25) is 0 Å². The number of aliphatic hydroxyl groups is 2. The quantitative estimate of drug-likeness (QED) is 0.0386. The topological polar surface area (TPSA) is 259 Å². The van der Waals surface area contributed by atoms with E-state index in [1.165, 1.54) is 115 Å². The van der Waals surface area contributed by atoms with E-state index in [1.807, 2.05) is 0 Å². The molecule has 2 heterocycles. The number of phenols is 2. The number of aromatic amines is 1. The third kappa shape index (κ3) is 17.9. The lowest BCUT2D eigenvalue weighted by molar-refractivity contribution is -0.142. The number of unbranched alkanes of at least 4 members (excludes halogenated alkanes) is 12. The summed E-state index contributed by atoms with van der Waals surface area (Å²) in [4.78, 5) is 101. The van der Waals surface area contributed by atoms with Crippen molar-refractivity contribution in [3.8, 4) is 22.6 Å². The highest BCUT2D eigenvalue weighted by molar-refractivity contribution is 5.97. The molecular weight excluding hydrogens is 921 g/mol. The largest absolute Gasteiger partial charge is 0.507 e. The van der Waals surface area contributed by atoms with Gasteiger partial charge in [0.05, 0.1) is 25.3 Å². The number of aromatic nitrogens is 1. The third-order valence-electron chi connectivity index (χ3n) is 13.8. The maximum atomic E-state index is 14.3. The van der Waals surface area contributed by atoms with Crippen LogP contribution in [0.25, 0.3) is 11.1 Å². The minimum atomic E-state index is -1.33. The molecule has 0 saturated carbocycles. The first-order valence-electron chi connectivity index (χ1n) is 26.0. The number of benzene rings is 2. The summed E-state index contributed by atoms with van der Waals surface area (Å²) < 4.78 is 0. The van der Waals surface area contributed by atoms with Gasteiger partial charge in [0, 0.05) is 81.6 Å².